The molecule has 6 heteroatoms. The van der Waals surface area contributed by atoms with Crippen LogP contribution < -0.4 is 11.1 Å². The summed E-state index contributed by atoms with van der Waals surface area (Å²) < 4.78 is 7.30. The van der Waals surface area contributed by atoms with Crippen LogP contribution in [0.1, 0.15) is 18.4 Å². The largest absolute Gasteiger partial charge is 0.364 e. The molecular formula is C17H22N4O2. The van der Waals surface area contributed by atoms with E-state index in [1.54, 1.807) is 4.68 Å². The molecule has 23 heavy (non-hydrogen) atoms. The van der Waals surface area contributed by atoms with Crippen LogP contribution in [0.4, 0.5) is 5.82 Å². The van der Waals surface area contributed by atoms with Crippen molar-refractivity contribution in [2.75, 3.05) is 11.9 Å². The summed E-state index contributed by atoms with van der Waals surface area (Å²) in [6.45, 7) is 2.49. The van der Waals surface area contributed by atoms with E-state index >= 15 is 0 Å². The van der Waals surface area contributed by atoms with Gasteiger partial charge in [0.15, 0.2) is 0 Å². The highest BCUT2D eigenvalue weighted by atomic mass is 16.5. The Kier molecular flexibility index (Phi) is 4.45. The number of rotatable bonds is 4. The molecule has 1 saturated heterocycles. The van der Waals surface area contributed by atoms with Crippen molar-refractivity contribution in [1.29, 1.82) is 0 Å². The lowest BCUT2D eigenvalue weighted by Gasteiger charge is -2.12. The van der Waals surface area contributed by atoms with Crippen LogP contribution in [0.2, 0.25) is 0 Å². The predicted octanol–water partition coefficient (Wildman–Crippen LogP) is 1.84. The molecule has 2 aromatic rings. The maximum Gasteiger partial charge on any atom is 0.254 e. The van der Waals surface area contributed by atoms with E-state index in [0.29, 0.717) is 18.8 Å². The third-order valence-electron chi connectivity index (χ3n) is 4.21. The SMILES string of the molecule is Cc1ccccc1-c1cc(NC(=O)[C@@H]2CC[C@H](CN)O2)n(C)n1. The summed E-state index contributed by atoms with van der Waals surface area (Å²) in [5, 5.41) is 7.40. The first-order valence-corrected chi connectivity index (χ1v) is 7.85. The minimum absolute atomic E-state index is 0.0141. The Balaban J connectivity index is 1.74. The second kappa shape index (κ2) is 6.52. The number of hydrogen-bond donors (Lipinski definition) is 2. The summed E-state index contributed by atoms with van der Waals surface area (Å²) in [6, 6.07) is 9.93. The molecule has 1 aromatic heterocycles. The molecule has 0 unspecified atom stereocenters. The minimum atomic E-state index is -0.430. The highest BCUT2D eigenvalue weighted by molar-refractivity contribution is 5.94. The zero-order valence-corrected chi connectivity index (χ0v) is 13.5. The molecule has 0 aliphatic carbocycles. The molecule has 122 valence electrons. The average molecular weight is 314 g/mol. The summed E-state index contributed by atoms with van der Waals surface area (Å²) in [7, 11) is 1.82. The highest BCUT2D eigenvalue weighted by Gasteiger charge is 2.30. The molecule has 0 radical (unpaired) electrons. The molecule has 0 saturated carbocycles. The van der Waals surface area contributed by atoms with E-state index in [1.807, 2.05) is 44.3 Å². The van der Waals surface area contributed by atoms with Gasteiger partial charge in [0.1, 0.15) is 11.9 Å². The number of anilines is 1. The van der Waals surface area contributed by atoms with Gasteiger partial charge in [-0.15, -0.1) is 0 Å². The summed E-state index contributed by atoms with van der Waals surface area (Å²) >= 11 is 0. The average Bonchev–Trinajstić information content (AvgIpc) is 3.15. The van der Waals surface area contributed by atoms with Crippen molar-refractivity contribution in [3.63, 3.8) is 0 Å². The number of benzene rings is 1. The Morgan fingerprint density at radius 3 is 2.91 bits per heavy atom. The molecule has 1 aromatic carbocycles. The van der Waals surface area contributed by atoms with Gasteiger partial charge in [-0.2, -0.15) is 5.10 Å². The molecule has 2 heterocycles. The first-order valence-electron chi connectivity index (χ1n) is 7.85. The maximum atomic E-state index is 12.3. The normalized spacial score (nSPS) is 20.7. The molecule has 0 spiro atoms. The van der Waals surface area contributed by atoms with E-state index in [4.69, 9.17) is 10.5 Å². The standard InChI is InChI=1S/C17H22N4O2/c1-11-5-3-4-6-13(11)14-9-16(21(2)20-14)19-17(22)15-8-7-12(10-18)23-15/h3-6,9,12,15H,7-8,10,18H2,1-2H3,(H,19,22)/t12-,15+/m1/s1. The van der Waals surface area contributed by atoms with Crippen molar-refractivity contribution in [2.24, 2.45) is 12.8 Å². The van der Waals surface area contributed by atoms with Crippen LogP contribution in [0.15, 0.2) is 30.3 Å². The quantitative estimate of drug-likeness (QED) is 0.902. The number of nitrogens with two attached hydrogens (primary N) is 1. The summed E-state index contributed by atoms with van der Waals surface area (Å²) in [5.41, 5.74) is 8.63. The molecule has 3 N–H and O–H groups in total. The van der Waals surface area contributed by atoms with Crippen LogP contribution in [0.25, 0.3) is 11.3 Å². The third-order valence-corrected chi connectivity index (χ3v) is 4.21. The second-order valence-corrected chi connectivity index (χ2v) is 5.90. The Hall–Kier alpha value is -2.18. The lowest BCUT2D eigenvalue weighted by Crippen LogP contribution is -2.30. The van der Waals surface area contributed by atoms with Crippen LogP contribution in [0.3, 0.4) is 0 Å². The van der Waals surface area contributed by atoms with E-state index < -0.39 is 6.10 Å². The predicted molar refractivity (Wildman–Crippen MR) is 89.0 cm³/mol. The van der Waals surface area contributed by atoms with Crippen molar-refractivity contribution >= 4 is 11.7 Å². The van der Waals surface area contributed by atoms with Crippen molar-refractivity contribution in [3.05, 3.63) is 35.9 Å². The number of aryl methyl sites for hydroxylation is 2. The van der Waals surface area contributed by atoms with E-state index in [1.165, 1.54) is 0 Å². The van der Waals surface area contributed by atoms with Gasteiger partial charge >= 0.3 is 0 Å². The maximum absolute atomic E-state index is 12.3. The molecule has 0 bridgehead atoms. The first kappa shape index (κ1) is 15.7. The van der Waals surface area contributed by atoms with Gasteiger partial charge in [0, 0.05) is 25.2 Å². The lowest BCUT2D eigenvalue weighted by molar-refractivity contribution is -0.126. The second-order valence-electron chi connectivity index (χ2n) is 5.90. The highest BCUT2D eigenvalue weighted by Crippen LogP contribution is 2.25. The first-order chi connectivity index (χ1) is 11.1. The zero-order chi connectivity index (χ0) is 16.4. The minimum Gasteiger partial charge on any atom is -0.364 e. The van der Waals surface area contributed by atoms with Crippen LogP contribution >= 0.6 is 0 Å². The monoisotopic (exact) mass is 314 g/mol. The Morgan fingerprint density at radius 1 is 1.43 bits per heavy atom. The van der Waals surface area contributed by atoms with Gasteiger partial charge in [0.2, 0.25) is 0 Å². The molecular weight excluding hydrogens is 292 g/mol. The summed E-state index contributed by atoms with van der Waals surface area (Å²) in [5.74, 6) is 0.522. The van der Waals surface area contributed by atoms with Gasteiger partial charge in [0.05, 0.1) is 11.8 Å². The number of carbonyl (C=O) groups is 1. The molecule has 1 fully saturated rings. The third kappa shape index (κ3) is 3.28. The van der Waals surface area contributed by atoms with Crippen molar-refractivity contribution in [2.45, 2.75) is 32.0 Å². The van der Waals surface area contributed by atoms with Crippen LogP contribution in [0.5, 0.6) is 0 Å². The number of hydrogen-bond acceptors (Lipinski definition) is 4. The summed E-state index contributed by atoms with van der Waals surface area (Å²) in [6.07, 6.45) is 1.09. The van der Waals surface area contributed by atoms with E-state index in [0.717, 1.165) is 23.2 Å². The van der Waals surface area contributed by atoms with Gasteiger partial charge in [-0.3, -0.25) is 9.48 Å². The van der Waals surface area contributed by atoms with Crippen LogP contribution in [0, 0.1) is 6.92 Å². The number of amides is 1. The molecule has 6 nitrogen and oxygen atoms in total. The molecule has 1 amide bonds. The van der Waals surface area contributed by atoms with Crippen molar-refractivity contribution < 1.29 is 9.53 Å². The van der Waals surface area contributed by atoms with Crippen molar-refractivity contribution in [3.8, 4) is 11.3 Å². The van der Waals surface area contributed by atoms with Crippen LogP contribution in [-0.4, -0.2) is 34.4 Å². The van der Waals surface area contributed by atoms with Gasteiger partial charge in [-0.05, 0) is 25.3 Å². The number of carbonyl (C=O) groups excluding carboxylic acids is 1. The lowest BCUT2D eigenvalue weighted by atomic mass is 10.1. The molecule has 3 rings (SSSR count). The van der Waals surface area contributed by atoms with E-state index in [9.17, 15) is 4.79 Å². The van der Waals surface area contributed by atoms with Gasteiger partial charge in [-0.25, -0.2) is 0 Å². The zero-order valence-electron chi connectivity index (χ0n) is 13.5. The number of nitrogens with one attached hydrogen (secondary N) is 1. The Morgan fingerprint density at radius 2 is 2.22 bits per heavy atom. The fourth-order valence-corrected chi connectivity index (χ4v) is 2.85. The fourth-order valence-electron chi connectivity index (χ4n) is 2.85. The van der Waals surface area contributed by atoms with E-state index in [-0.39, 0.29) is 12.0 Å². The van der Waals surface area contributed by atoms with Gasteiger partial charge in [-0.1, -0.05) is 24.3 Å². The van der Waals surface area contributed by atoms with Crippen LogP contribution in [-0.2, 0) is 16.6 Å². The number of ether oxygens (including phenoxy) is 1. The molecule has 2 atom stereocenters. The smallest absolute Gasteiger partial charge is 0.254 e. The molecule has 1 aliphatic rings. The number of aromatic nitrogens is 2. The van der Waals surface area contributed by atoms with E-state index in [2.05, 4.69) is 10.4 Å². The fraction of sp³-hybridized carbons (Fsp3) is 0.412. The van der Waals surface area contributed by atoms with Gasteiger partial charge in [0.25, 0.3) is 5.91 Å². The Bertz CT molecular complexity index is 710. The Labute approximate surface area is 135 Å². The number of nitrogens with zero attached hydrogens (tertiary/aromatic N) is 2. The van der Waals surface area contributed by atoms with Gasteiger partial charge < -0.3 is 15.8 Å². The summed E-state index contributed by atoms with van der Waals surface area (Å²) in [4.78, 5) is 12.3. The molecule has 1 aliphatic heterocycles. The van der Waals surface area contributed by atoms with Crippen molar-refractivity contribution in [1.82, 2.24) is 9.78 Å². The topological polar surface area (TPSA) is 82.2 Å².